The van der Waals surface area contributed by atoms with Gasteiger partial charge in [0.2, 0.25) is 11.5 Å². The van der Waals surface area contributed by atoms with Gasteiger partial charge in [-0.3, -0.25) is 24.5 Å². The lowest BCUT2D eigenvalue weighted by Gasteiger charge is -2.43. The largest absolute Gasteiger partial charge is 0.441 e. The van der Waals surface area contributed by atoms with E-state index >= 15 is 0 Å². The number of esters is 1. The standard InChI is InChI=1S/C14H11Br4NO5/c1-3-13-9(17)7(15)8(16)10(18)14(13,12(23)19-11(13)22)24-6(21)4-5(2)20/h3-4H2,1-2H3,(H,19,22,23). The Morgan fingerprint density at radius 1 is 1.04 bits per heavy atom. The highest BCUT2D eigenvalue weighted by atomic mass is 79.9. The van der Waals surface area contributed by atoms with Crippen molar-refractivity contribution >= 4 is 87.3 Å². The molecule has 0 radical (unpaired) electrons. The third kappa shape index (κ3) is 2.52. The molecule has 1 fully saturated rings. The summed E-state index contributed by atoms with van der Waals surface area (Å²) in [6, 6.07) is 0. The zero-order valence-corrected chi connectivity index (χ0v) is 18.8. The molecule has 2 atom stereocenters. The molecule has 2 amide bonds. The second kappa shape index (κ2) is 6.77. The van der Waals surface area contributed by atoms with Gasteiger partial charge in [0.05, 0.1) is 4.48 Å². The summed E-state index contributed by atoms with van der Waals surface area (Å²) < 4.78 is 6.96. The molecule has 0 saturated carbocycles. The van der Waals surface area contributed by atoms with Gasteiger partial charge in [-0.2, -0.15) is 0 Å². The maximum atomic E-state index is 12.7. The third-order valence-corrected chi connectivity index (χ3v) is 9.20. The molecule has 6 nitrogen and oxygen atoms in total. The SMILES string of the molecule is CCC12C(=O)NC(=O)C1(OC(=O)CC(C)=O)C(Br)=C(Br)C(Br)=C2Br. The Balaban J connectivity index is 2.75. The maximum Gasteiger partial charge on any atom is 0.314 e. The zero-order chi connectivity index (χ0) is 18.4. The van der Waals surface area contributed by atoms with Crippen molar-refractivity contribution < 1.29 is 23.9 Å². The van der Waals surface area contributed by atoms with Gasteiger partial charge >= 0.3 is 5.97 Å². The normalized spacial score (nSPS) is 29.6. The molecule has 0 spiro atoms. The van der Waals surface area contributed by atoms with Crippen molar-refractivity contribution in [3.63, 3.8) is 0 Å². The smallest absolute Gasteiger partial charge is 0.314 e. The Kier molecular flexibility index (Phi) is 5.64. The Morgan fingerprint density at radius 2 is 1.58 bits per heavy atom. The first kappa shape index (κ1) is 20.0. The second-order valence-corrected chi connectivity index (χ2v) is 8.50. The van der Waals surface area contributed by atoms with Gasteiger partial charge in [-0.25, -0.2) is 0 Å². The van der Waals surface area contributed by atoms with E-state index in [1.54, 1.807) is 6.92 Å². The van der Waals surface area contributed by atoms with Crippen LogP contribution in [0.2, 0.25) is 0 Å². The first-order valence-electron chi connectivity index (χ1n) is 6.75. The van der Waals surface area contributed by atoms with Gasteiger partial charge in [-0.15, -0.1) is 0 Å². The molecule has 2 rings (SSSR count). The number of rotatable bonds is 4. The molecule has 1 aliphatic heterocycles. The average molecular weight is 593 g/mol. The molecule has 1 N–H and O–H groups in total. The molecule has 2 unspecified atom stereocenters. The van der Waals surface area contributed by atoms with Crippen molar-refractivity contribution in [2.45, 2.75) is 32.3 Å². The first-order chi connectivity index (χ1) is 11.1. The van der Waals surface area contributed by atoms with E-state index in [-0.39, 0.29) is 10.9 Å². The number of imide groups is 1. The topological polar surface area (TPSA) is 89.5 Å². The molecule has 10 heteroatoms. The number of fused-ring (bicyclic) bond motifs is 1. The van der Waals surface area contributed by atoms with Gasteiger partial charge < -0.3 is 4.74 Å². The van der Waals surface area contributed by atoms with E-state index in [4.69, 9.17) is 4.74 Å². The number of nitrogens with one attached hydrogen (secondary N) is 1. The van der Waals surface area contributed by atoms with Crippen LogP contribution >= 0.6 is 63.7 Å². The summed E-state index contributed by atoms with van der Waals surface area (Å²) >= 11 is 13.3. The first-order valence-corrected chi connectivity index (χ1v) is 9.92. The van der Waals surface area contributed by atoms with Gasteiger partial charge in [0, 0.05) is 13.4 Å². The fraction of sp³-hybridized carbons (Fsp3) is 0.429. The fourth-order valence-corrected chi connectivity index (χ4v) is 6.16. The Hall–Kier alpha value is -0.320. The van der Waals surface area contributed by atoms with E-state index in [1.807, 2.05) is 0 Å². The van der Waals surface area contributed by atoms with Gasteiger partial charge in [0.1, 0.15) is 17.6 Å². The lowest BCUT2D eigenvalue weighted by molar-refractivity contribution is -0.170. The van der Waals surface area contributed by atoms with E-state index in [1.165, 1.54) is 6.92 Å². The molecule has 0 aromatic rings. The van der Waals surface area contributed by atoms with E-state index in [2.05, 4.69) is 69.0 Å². The number of allylic oxidation sites excluding steroid dienone is 2. The minimum Gasteiger partial charge on any atom is -0.441 e. The molecule has 24 heavy (non-hydrogen) atoms. The highest BCUT2D eigenvalue weighted by molar-refractivity contribution is 9.17. The van der Waals surface area contributed by atoms with Crippen LogP contribution in [0.5, 0.6) is 0 Å². The summed E-state index contributed by atoms with van der Waals surface area (Å²) in [5.74, 6) is -2.66. The number of halogens is 4. The van der Waals surface area contributed by atoms with Gasteiger partial charge in [-0.1, -0.05) is 22.9 Å². The van der Waals surface area contributed by atoms with E-state index in [0.717, 1.165) is 0 Å². The van der Waals surface area contributed by atoms with Crippen LogP contribution in [-0.2, 0) is 23.9 Å². The molecular formula is C14H11Br4NO5. The van der Waals surface area contributed by atoms with Gasteiger partial charge in [0.25, 0.3) is 5.91 Å². The minimum atomic E-state index is -1.93. The fourth-order valence-electron chi connectivity index (χ4n) is 2.88. The molecule has 0 aromatic carbocycles. The number of ether oxygens (including phenoxy) is 1. The highest BCUT2D eigenvalue weighted by Crippen LogP contribution is 2.62. The number of amides is 2. The predicted molar refractivity (Wildman–Crippen MR) is 99.8 cm³/mol. The van der Waals surface area contributed by atoms with Crippen LogP contribution in [0.1, 0.15) is 26.7 Å². The molecule has 1 heterocycles. The summed E-state index contributed by atoms with van der Waals surface area (Å²) in [7, 11) is 0. The molecule has 1 aliphatic carbocycles. The predicted octanol–water partition coefficient (Wildman–Crippen LogP) is 3.32. The highest BCUT2D eigenvalue weighted by Gasteiger charge is 2.73. The van der Waals surface area contributed by atoms with E-state index in [9.17, 15) is 19.2 Å². The average Bonchev–Trinajstić information content (AvgIpc) is 2.71. The van der Waals surface area contributed by atoms with Gasteiger partial charge in [-0.05, 0) is 61.1 Å². The van der Waals surface area contributed by atoms with Crippen molar-refractivity contribution in [3.8, 4) is 0 Å². The monoisotopic (exact) mass is 589 g/mol. The summed E-state index contributed by atoms with van der Waals surface area (Å²) in [5, 5.41) is 2.24. The van der Waals surface area contributed by atoms with Crippen LogP contribution in [0.4, 0.5) is 0 Å². The van der Waals surface area contributed by atoms with E-state index in [0.29, 0.717) is 13.4 Å². The van der Waals surface area contributed by atoms with Crippen molar-refractivity contribution in [1.29, 1.82) is 0 Å². The van der Waals surface area contributed by atoms with Crippen LogP contribution in [0, 0.1) is 5.41 Å². The molecular weight excluding hydrogens is 582 g/mol. The molecule has 0 aromatic heterocycles. The van der Waals surface area contributed by atoms with Gasteiger partial charge in [0.15, 0.2) is 0 Å². The summed E-state index contributed by atoms with van der Waals surface area (Å²) in [6.07, 6.45) is -0.327. The molecule has 130 valence electrons. The summed E-state index contributed by atoms with van der Waals surface area (Å²) in [6.45, 7) is 2.94. The number of carbonyl (C=O) groups is 4. The van der Waals surface area contributed by atoms with Crippen molar-refractivity contribution in [1.82, 2.24) is 5.32 Å². The zero-order valence-electron chi connectivity index (χ0n) is 12.5. The minimum absolute atomic E-state index is 0.170. The summed E-state index contributed by atoms with van der Waals surface area (Å²) in [5.41, 5.74) is -3.41. The molecule has 1 saturated heterocycles. The van der Waals surface area contributed by atoms with Crippen LogP contribution in [-0.4, -0.2) is 29.2 Å². The Morgan fingerprint density at radius 3 is 2.08 bits per heavy atom. The number of Topliss-reactive ketones (excluding diaryl/α,β-unsaturated/α-hetero) is 1. The molecule has 2 aliphatic rings. The third-order valence-electron chi connectivity index (χ3n) is 3.99. The number of carbonyl (C=O) groups excluding carboxylic acids is 4. The van der Waals surface area contributed by atoms with Crippen LogP contribution < -0.4 is 5.32 Å². The number of ketones is 1. The summed E-state index contributed by atoms with van der Waals surface area (Å²) in [4.78, 5) is 48.7. The van der Waals surface area contributed by atoms with Crippen molar-refractivity contribution in [2.24, 2.45) is 5.41 Å². The van der Waals surface area contributed by atoms with Crippen LogP contribution in [0.15, 0.2) is 17.9 Å². The molecule has 0 bridgehead atoms. The van der Waals surface area contributed by atoms with Crippen LogP contribution in [0.25, 0.3) is 0 Å². The number of hydrogen-bond acceptors (Lipinski definition) is 5. The Bertz CT molecular complexity index is 743. The van der Waals surface area contributed by atoms with Crippen molar-refractivity contribution in [3.05, 3.63) is 17.9 Å². The van der Waals surface area contributed by atoms with E-state index < -0.39 is 41.0 Å². The quantitative estimate of drug-likeness (QED) is 0.307. The maximum absolute atomic E-state index is 12.7. The van der Waals surface area contributed by atoms with Crippen LogP contribution in [0.3, 0.4) is 0 Å². The van der Waals surface area contributed by atoms with Crippen molar-refractivity contribution in [2.75, 3.05) is 0 Å². The second-order valence-electron chi connectivity index (χ2n) is 5.33. The number of hydrogen-bond donors (Lipinski definition) is 1. The lowest BCUT2D eigenvalue weighted by Crippen LogP contribution is -2.56. The lowest BCUT2D eigenvalue weighted by atomic mass is 9.68. The Labute approximate surface area is 171 Å².